The molecular formula is C30H40O4. The Morgan fingerprint density at radius 3 is 2.29 bits per heavy atom. The molecule has 8 atom stereocenters. The lowest BCUT2D eigenvalue weighted by molar-refractivity contribution is -0.166. The number of hydrogen-bond donors (Lipinski definition) is 0. The molecule has 4 saturated carbocycles. The number of ether oxygens (including phenoxy) is 2. The Morgan fingerprint density at radius 2 is 1.59 bits per heavy atom. The highest BCUT2D eigenvalue weighted by Gasteiger charge is 2.62. The zero-order valence-corrected chi connectivity index (χ0v) is 21.2. The summed E-state index contributed by atoms with van der Waals surface area (Å²) in [5, 5.41) is 0. The summed E-state index contributed by atoms with van der Waals surface area (Å²) >= 11 is 0. The third-order valence-electron chi connectivity index (χ3n) is 10.2. The van der Waals surface area contributed by atoms with E-state index in [1.165, 1.54) is 37.3 Å². The van der Waals surface area contributed by atoms with E-state index in [4.69, 9.17) is 9.47 Å². The molecule has 0 spiro atoms. The summed E-state index contributed by atoms with van der Waals surface area (Å²) in [7, 11) is 0. The lowest BCUT2D eigenvalue weighted by Gasteiger charge is -2.60. The molecule has 0 radical (unpaired) electrons. The lowest BCUT2D eigenvalue weighted by Crippen LogP contribution is -2.54. The maximum Gasteiger partial charge on any atom is 0.303 e. The van der Waals surface area contributed by atoms with Gasteiger partial charge in [0.15, 0.2) is 0 Å². The fraction of sp³-hybridized carbons (Fsp3) is 0.667. The van der Waals surface area contributed by atoms with Crippen LogP contribution in [-0.4, -0.2) is 24.1 Å². The summed E-state index contributed by atoms with van der Waals surface area (Å²) in [5.74, 6) is 2.25. The second-order valence-corrected chi connectivity index (χ2v) is 12.0. The molecule has 0 heterocycles. The van der Waals surface area contributed by atoms with Gasteiger partial charge >= 0.3 is 11.9 Å². The Balaban J connectivity index is 1.42. The molecule has 0 aromatic heterocycles. The van der Waals surface area contributed by atoms with Crippen molar-refractivity contribution >= 4 is 18.0 Å². The highest BCUT2D eigenvalue weighted by molar-refractivity contribution is 5.67. The minimum Gasteiger partial charge on any atom is -0.463 e. The third kappa shape index (κ3) is 4.01. The molecule has 1 aromatic carbocycles. The summed E-state index contributed by atoms with van der Waals surface area (Å²) in [4.78, 5) is 23.7. The minimum atomic E-state index is -0.174. The van der Waals surface area contributed by atoms with Crippen molar-refractivity contribution in [2.75, 3.05) is 0 Å². The van der Waals surface area contributed by atoms with E-state index in [0.29, 0.717) is 29.1 Å². The van der Waals surface area contributed by atoms with Gasteiger partial charge in [-0.3, -0.25) is 9.59 Å². The Hall–Kier alpha value is -2.10. The van der Waals surface area contributed by atoms with Crippen LogP contribution in [0.5, 0.6) is 0 Å². The zero-order chi connectivity index (χ0) is 24.1. The van der Waals surface area contributed by atoms with Crippen LogP contribution in [0.25, 0.3) is 6.08 Å². The molecule has 4 aliphatic rings. The van der Waals surface area contributed by atoms with Crippen molar-refractivity contribution < 1.29 is 19.1 Å². The number of rotatable bonds is 3. The van der Waals surface area contributed by atoms with Crippen molar-refractivity contribution in [3.63, 3.8) is 0 Å². The average molecular weight is 465 g/mol. The van der Waals surface area contributed by atoms with Crippen molar-refractivity contribution in [3.05, 3.63) is 41.5 Å². The summed E-state index contributed by atoms with van der Waals surface area (Å²) in [6, 6.07) is 10.5. The van der Waals surface area contributed by atoms with Gasteiger partial charge in [0.05, 0.1) is 0 Å². The molecule has 4 fully saturated rings. The van der Waals surface area contributed by atoms with Crippen LogP contribution in [-0.2, 0) is 19.1 Å². The lowest BCUT2D eigenvalue weighted by atomic mass is 9.45. The number of fused-ring (bicyclic) bond motifs is 5. The van der Waals surface area contributed by atoms with Gasteiger partial charge in [-0.25, -0.2) is 0 Å². The first-order valence-electron chi connectivity index (χ1n) is 13.3. The summed E-state index contributed by atoms with van der Waals surface area (Å²) < 4.78 is 11.7. The molecule has 4 nitrogen and oxygen atoms in total. The van der Waals surface area contributed by atoms with E-state index in [1.54, 1.807) is 6.92 Å². The fourth-order valence-corrected chi connectivity index (χ4v) is 8.68. The second kappa shape index (κ2) is 8.84. The largest absolute Gasteiger partial charge is 0.463 e. The van der Waals surface area contributed by atoms with Gasteiger partial charge in [0.2, 0.25) is 0 Å². The van der Waals surface area contributed by atoms with Crippen molar-refractivity contribution in [1.29, 1.82) is 0 Å². The first-order valence-corrected chi connectivity index (χ1v) is 13.3. The molecule has 0 bridgehead atoms. The molecular weight excluding hydrogens is 424 g/mol. The van der Waals surface area contributed by atoms with Crippen LogP contribution in [0.3, 0.4) is 0 Å². The Labute approximate surface area is 204 Å². The van der Waals surface area contributed by atoms with Crippen LogP contribution in [0.2, 0.25) is 0 Å². The summed E-state index contributed by atoms with van der Waals surface area (Å²) in [6.07, 6.45) is 11.2. The molecule has 184 valence electrons. The van der Waals surface area contributed by atoms with E-state index in [-0.39, 0.29) is 29.6 Å². The van der Waals surface area contributed by atoms with Crippen molar-refractivity contribution in [2.24, 2.45) is 34.5 Å². The van der Waals surface area contributed by atoms with Crippen LogP contribution in [0, 0.1) is 34.5 Å². The predicted octanol–water partition coefficient (Wildman–Crippen LogP) is 6.59. The predicted molar refractivity (Wildman–Crippen MR) is 133 cm³/mol. The normalized spacial score (nSPS) is 42.3. The first-order chi connectivity index (χ1) is 16.2. The third-order valence-corrected chi connectivity index (χ3v) is 10.2. The minimum absolute atomic E-state index is 0.00555. The van der Waals surface area contributed by atoms with Crippen molar-refractivity contribution in [1.82, 2.24) is 0 Å². The van der Waals surface area contributed by atoms with Gasteiger partial charge < -0.3 is 9.47 Å². The number of hydrogen-bond acceptors (Lipinski definition) is 4. The maximum absolute atomic E-state index is 12.2. The van der Waals surface area contributed by atoms with E-state index >= 15 is 0 Å². The maximum atomic E-state index is 12.2. The monoisotopic (exact) mass is 464 g/mol. The smallest absolute Gasteiger partial charge is 0.303 e. The van der Waals surface area contributed by atoms with Crippen LogP contribution in [0.1, 0.15) is 84.6 Å². The van der Waals surface area contributed by atoms with Gasteiger partial charge in [-0.05, 0) is 91.6 Å². The van der Waals surface area contributed by atoms with Gasteiger partial charge in [-0.15, -0.1) is 0 Å². The van der Waals surface area contributed by atoms with Gasteiger partial charge in [0.25, 0.3) is 0 Å². The molecule has 0 N–H and O–H groups in total. The first kappa shape index (κ1) is 23.6. The molecule has 0 saturated heterocycles. The van der Waals surface area contributed by atoms with Crippen LogP contribution in [0.15, 0.2) is 35.9 Å². The fourth-order valence-electron chi connectivity index (χ4n) is 8.68. The second-order valence-electron chi connectivity index (χ2n) is 12.0. The molecule has 1 aromatic rings. The average Bonchev–Trinajstić information content (AvgIpc) is 3.05. The molecule has 4 heteroatoms. The highest BCUT2D eigenvalue weighted by Crippen LogP contribution is 2.67. The number of benzene rings is 1. The molecule has 5 rings (SSSR count). The van der Waals surface area contributed by atoms with E-state index in [1.807, 2.05) is 6.07 Å². The molecule has 0 aliphatic heterocycles. The summed E-state index contributed by atoms with van der Waals surface area (Å²) in [5.41, 5.74) is 2.81. The molecule has 0 amide bonds. The van der Waals surface area contributed by atoms with Gasteiger partial charge in [-0.2, -0.15) is 0 Å². The van der Waals surface area contributed by atoms with Gasteiger partial charge in [0, 0.05) is 19.3 Å². The SMILES string of the molecule is CC(=O)OC1CC[C@]2(C)C(CC[C@H]3C2CC[C@]2(C)C3C/C(=C\c3ccccc3)[C@H]2OC(C)=O)C1. The molecule has 34 heavy (non-hydrogen) atoms. The van der Waals surface area contributed by atoms with E-state index < -0.39 is 0 Å². The van der Waals surface area contributed by atoms with Crippen LogP contribution in [0.4, 0.5) is 0 Å². The van der Waals surface area contributed by atoms with Gasteiger partial charge in [-0.1, -0.05) is 50.3 Å². The number of carbonyl (C=O) groups excluding carboxylic acids is 2. The Morgan fingerprint density at radius 1 is 0.882 bits per heavy atom. The van der Waals surface area contributed by atoms with E-state index in [0.717, 1.165) is 32.1 Å². The standard InChI is InChI=1S/C30H40O4/c1-19(31)33-24-12-14-29(3)23(18-24)10-11-25-26(29)13-15-30(4)27(25)17-22(28(30)34-20(2)32)16-21-8-6-5-7-9-21/h5-9,16,23-28H,10-15,17-18H2,1-4H3/b22-16+/t23?,24?,25-,26?,27?,28+,29+,30+/m0/s1. The summed E-state index contributed by atoms with van der Waals surface area (Å²) in [6.45, 7) is 8.00. The Kier molecular flexibility index (Phi) is 6.14. The highest BCUT2D eigenvalue weighted by atomic mass is 16.5. The van der Waals surface area contributed by atoms with Crippen LogP contribution < -0.4 is 0 Å². The van der Waals surface area contributed by atoms with Crippen molar-refractivity contribution in [3.8, 4) is 0 Å². The van der Waals surface area contributed by atoms with Gasteiger partial charge in [0.1, 0.15) is 12.2 Å². The zero-order valence-electron chi connectivity index (χ0n) is 21.2. The topological polar surface area (TPSA) is 52.6 Å². The Bertz CT molecular complexity index is 967. The van der Waals surface area contributed by atoms with E-state index in [2.05, 4.69) is 44.2 Å². The quantitative estimate of drug-likeness (QED) is 0.474. The van der Waals surface area contributed by atoms with Crippen molar-refractivity contribution in [2.45, 2.75) is 91.3 Å². The van der Waals surface area contributed by atoms with Crippen LogP contribution >= 0.6 is 0 Å². The number of esters is 2. The van der Waals surface area contributed by atoms with E-state index in [9.17, 15) is 9.59 Å². The molecule has 4 unspecified atom stereocenters. The number of carbonyl (C=O) groups is 2. The molecule has 4 aliphatic carbocycles.